The van der Waals surface area contributed by atoms with Crippen LogP contribution in [-0.2, 0) is 23.9 Å². The summed E-state index contributed by atoms with van der Waals surface area (Å²) in [6, 6.07) is -0.639. The quantitative estimate of drug-likeness (QED) is 0.411. The minimum atomic E-state index is -1.06. The number of unbranched alkanes of at least 4 members (excludes halogenated alkanes) is 5. The van der Waals surface area contributed by atoms with Gasteiger partial charge in [-0.05, 0) is 12.8 Å². The summed E-state index contributed by atoms with van der Waals surface area (Å²) in [6.45, 7) is 1.71. The van der Waals surface area contributed by atoms with Gasteiger partial charge in [0.2, 0.25) is 5.91 Å². The molecule has 1 heterocycles. The Hall–Kier alpha value is -1.63. The van der Waals surface area contributed by atoms with E-state index in [1.807, 2.05) is 0 Å². The van der Waals surface area contributed by atoms with Crippen molar-refractivity contribution in [1.29, 1.82) is 0 Å². The molecule has 1 amide bonds. The van der Waals surface area contributed by atoms with Gasteiger partial charge < -0.3 is 19.9 Å². The molecule has 2 N–H and O–H groups in total. The number of esters is 2. The fourth-order valence-electron chi connectivity index (χ4n) is 2.43. The molecule has 0 saturated carbocycles. The van der Waals surface area contributed by atoms with Gasteiger partial charge in [-0.1, -0.05) is 39.0 Å². The highest BCUT2D eigenvalue weighted by atomic mass is 16.6. The largest absolute Gasteiger partial charge is 0.463 e. The van der Waals surface area contributed by atoms with Crippen molar-refractivity contribution >= 4 is 17.8 Å². The van der Waals surface area contributed by atoms with Gasteiger partial charge in [-0.2, -0.15) is 0 Å². The van der Waals surface area contributed by atoms with Crippen LogP contribution in [0, 0.1) is 0 Å². The van der Waals surface area contributed by atoms with E-state index in [9.17, 15) is 19.5 Å². The lowest BCUT2D eigenvalue weighted by atomic mass is 10.1. The van der Waals surface area contributed by atoms with Crippen molar-refractivity contribution < 1.29 is 29.0 Å². The monoisotopic (exact) mass is 343 g/mol. The summed E-state index contributed by atoms with van der Waals surface area (Å²) < 4.78 is 9.87. The number of nitrogens with one attached hydrogen (secondary N) is 1. The van der Waals surface area contributed by atoms with Crippen LogP contribution in [0.5, 0.6) is 0 Å². The second-order valence-electron chi connectivity index (χ2n) is 6.14. The first-order valence-electron chi connectivity index (χ1n) is 8.82. The van der Waals surface area contributed by atoms with Crippen molar-refractivity contribution in [2.45, 2.75) is 76.9 Å². The van der Waals surface area contributed by atoms with Crippen LogP contribution in [0.1, 0.15) is 64.7 Å². The van der Waals surface area contributed by atoms with Crippen molar-refractivity contribution in [2.24, 2.45) is 0 Å². The second-order valence-corrected chi connectivity index (χ2v) is 6.14. The molecule has 0 aromatic heterocycles. The van der Waals surface area contributed by atoms with E-state index >= 15 is 0 Å². The molecule has 1 rings (SSSR count). The third-order valence-corrected chi connectivity index (χ3v) is 3.87. The number of amides is 1. The van der Waals surface area contributed by atoms with Crippen LogP contribution in [0.3, 0.4) is 0 Å². The molecule has 1 unspecified atom stereocenters. The van der Waals surface area contributed by atoms with Gasteiger partial charge in [0.05, 0.1) is 0 Å². The van der Waals surface area contributed by atoms with Crippen molar-refractivity contribution in [1.82, 2.24) is 5.32 Å². The number of hydrogen-bond donors (Lipinski definition) is 2. The molecule has 138 valence electrons. The highest BCUT2D eigenvalue weighted by Gasteiger charge is 2.28. The topological polar surface area (TPSA) is 102 Å². The summed E-state index contributed by atoms with van der Waals surface area (Å²) in [4.78, 5) is 34.2. The Morgan fingerprint density at radius 3 is 2.50 bits per heavy atom. The van der Waals surface area contributed by atoms with Crippen LogP contribution in [-0.4, -0.2) is 48.3 Å². The standard InChI is InChI=1S/C17H29NO6/c1-2-3-4-5-6-7-8-16(21)23-11-13(19)12-24-17(22)14-9-10-15(20)18-14/h13-14,19H,2-12H2,1H3,(H,18,20)/t13?,14-/m1/s1. The molecule has 0 aromatic carbocycles. The molecule has 0 bridgehead atoms. The van der Waals surface area contributed by atoms with E-state index in [0.717, 1.165) is 19.3 Å². The molecule has 1 aliphatic heterocycles. The van der Waals surface area contributed by atoms with Crippen LogP contribution < -0.4 is 5.32 Å². The first-order valence-corrected chi connectivity index (χ1v) is 8.82. The molecule has 7 nitrogen and oxygen atoms in total. The molecule has 0 radical (unpaired) electrons. The van der Waals surface area contributed by atoms with E-state index in [1.54, 1.807) is 0 Å². The summed E-state index contributed by atoms with van der Waals surface area (Å²) in [5.74, 6) is -1.10. The molecular formula is C17H29NO6. The number of hydrogen-bond acceptors (Lipinski definition) is 6. The van der Waals surface area contributed by atoms with Crippen LogP contribution >= 0.6 is 0 Å². The lowest BCUT2D eigenvalue weighted by molar-refractivity contribution is -0.154. The van der Waals surface area contributed by atoms with E-state index in [1.165, 1.54) is 19.3 Å². The van der Waals surface area contributed by atoms with Gasteiger partial charge in [0.1, 0.15) is 25.4 Å². The Labute approximate surface area is 143 Å². The van der Waals surface area contributed by atoms with E-state index < -0.39 is 18.1 Å². The Balaban J connectivity index is 2.02. The Morgan fingerprint density at radius 2 is 1.83 bits per heavy atom. The molecule has 1 saturated heterocycles. The molecule has 0 aromatic rings. The average Bonchev–Trinajstić information content (AvgIpc) is 3.00. The van der Waals surface area contributed by atoms with Gasteiger partial charge in [-0.25, -0.2) is 4.79 Å². The van der Waals surface area contributed by atoms with E-state index in [0.29, 0.717) is 19.3 Å². The van der Waals surface area contributed by atoms with Crippen LogP contribution in [0.2, 0.25) is 0 Å². The first kappa shape index (κ1) is 20.4. The zero-order valence-electron chi connectivity index (χ0n) is 14.4. The zero-order valence-corrected chi connectivity index (χ0v) is 14.4. The van der Waals surface area contributed by atoms with Gasteiger partial charge in [-0.15, -0.1) is 0 Å². The molecule has 1 fully saturated rings. The highest BCUT2D eigenvalue weighted by molar-refractivity contribution is 5.88. The maximum atomic E-state index is 11.6. The van der Waals surface area contributed by atoms with Gasteiger partial charge in [-0.3, -0.25) is 9.59 Å². The lowest BCUT2D eigenvalue weighted by Gasteiger charge is -2.14. The summed E-state index contributed by atoms with van der Waals surface area (Å²) in [7, 11) is 0. The Morgan fingerprint density at radius 1 is 1.17 bits per heavy atom. The predicted octanol–water partition coefficient (Wildman–Crippen LogP) is 1.46. The van der Waals surface area contributed by atoms with E-state index in [2.05, 4.69) is 12.2 Å². The number of rotatable bonds is 12. The molecule has 0 aliphatic carbocycles. The number of carbonyl (C=O) groups is 3. The minimum absolute atomic E-state index is 0.180. The van der Waals surface area contributed by atoms with Crippen molar-refractivity contribution in [3.63, 3.8) is 0 Å². The minimum Gasteiger partial charge on any atom is -0.463 e. The van der Waals surface area contributed by atoms with E-state index in [-0.39, 0.29) is 25.1 Å². The van der Waals surface area contributed by atoms with Gasteiger partial charge in [0.15, 0.2) is 0 Å². The van der Waals surface area contributed by atoms with Crippen molar-refractivity contribution in [3.8, 4) is 0 Å². The summed E-state index contributed by atoms with van der Waals surface area (Å²) in [6.07, 6.45) is 6.51. The number of aliphatic hydroxyl groups excluding tert-OH is 1. The van der Waals surface area contributed by atoms with Gasteiger partial charge in [0, 0.05) is 12.8 Å². The van der Waals surface area contributed by atoms with Crippen LogP contribution in [0.25, 0.3) is 0 Å². The Kier molecular flexibility index (Phi) is 10.1. The Bertz CT molecular complexity index is 412. The summed E-state index contributed by atoms with van der Waals surface area (Å²) in [5.41, 5.74) is 0. The first-order chi connectivity index (χ1) is 11.5. The number of carbonyl (C=O) groups excluding carboxylic acids is 3. The van der Waals surface area contributed by atoms with Crippen molar-refractivity contribution in [3.05, 3.63) is 0 Å². The smallest absolute Gasteiger partial charge is 0.328 e. The normalized spacial score (nSPS) is 18.1. The molecule has 0 spiro atoms. The van der Waals surface area contributed by atoms with Crippen LogP contribution in [0.15, 0.2) is 0 Å². The summed E-state index contributed by atoms with van der Waals surface area (Å²) >= 11 is 0. The zero-order chi connectivity index (χ0) is 17.8. The summed E-state index contributed by atoms with van der Waals surface area (Å²) in [5, 5.41) is 12.2. The predicted molar refractivity (Wildman–Crippen MR) is 87.1 cm³/mol. The highest BCUT2D eigenvalue weighted by Crippen LogP contribution is 2.09. The SMILES string of the molecule is CCCCCCCCC(=O)OCC(O)COC(=O)[C@H]1CCC(=O)N1. The molecule has 1 aliphatic rings. The lowest BCUT2D eigenvalue weighted by Crippen LogP contribution is -2.36. The maximum Gasteiger partial charge on any atom is 0.328 e. The molecule has 2 atom stereocenters. The van der Waals surface area contributed by atoms with E-state index in [4.69, 9.17) is 9.47 Å². The number of ether oxygens (including phenoxy) is 2. The second kappa shape index (κ2) is 11.8. The molecule has 7 heteroatoms. The average molecular weight is 343 g/mol. The number of aliphatic hydroxyl groups is 1. The maximum absolute atomic E-state index is 11.6. The van der Waals surface area contributed by atoms with Crippen molar-refractivity contribution in [2.75, 3.05) is 13.2 Å². The molecule has 24 heavy (non-hydrogen) atoms. The fraction of sp³-hybridized carbons (Fsp3) is 0.824. The fourth-order valence-corrected chi connectivity index (χ4v) is 2.43. The third-order valence-electron chi connectivity index (χ3n) is 3.87. The van der Waals surface area contributed by atoms with Gasteiger partial charge in [0.25, 0.3) is 0 Å². The van der Waals surface area contributed by atoms with Gasteiger partial charge >= 0.3 is 11.9 Å². The van der Waals surface area contributed by atoms with Crippen LogP contribution in [0.4, 0.5) is 0 Å². The third kappa shape index (κ3) is 8.86. The molecular weight excluding hydrogens is 314 g/mol.